The lowest BCUT2D eigenvalue weighted by Crippen LogP contribution is -2.32. The molecular formula is C24H22N4O4S. The third-order valence-electron chi connectivity index (χ3n) is 5.54. The minimum atomic E-state index is -0.771. The van der Waals surface area contributed by atoms with Gasteiger partial charge >= 0.3 is 0 Å². The first kappa shape index (κ1) is 22.3. The number of thiazole rings is 1. The van der Waals surface area contributed by atoms with Gasteiger partial charge in [0.1, 0.15) is 6.04 Å². The second-order valence-corrected chi connectivity index (χ2v) is 8.88. The summed E-state index contributed by atoms with van der Waals surface area (Å²) in [5.74, 6) is -0.373. The maximum absolute atomic E-state index is 13.1. The number of hydrogen-bond acceptors (Lipinski definition) is 6. The van der Waals surface area contributed by atoms with Gasteiger partial charge in [-0.05, 0) is 44.9 Å². The van der Waals surface area contributed by atoms with Crippen molar-refractivity contribution in [3.05, 3.63) is 85.0 Å². The lowest BCUT2D eigenvalue weighted by atomic mass is 10.0. The maximum atomic E-state index is 13.1. The number of nitro benzene ring substituents is 1. The summed E-state index contributed by atoms with van der Waals surface area (Å²) in [6.07, 6.45) is 0. The number of aryl methyl sites for hydroxylation is 3. The summed E-state index contributed by atoms with van der Waals surface area (Å²) < 4.78 is 1.52. The van der Waals surface area contributed by atoms with Crippen molar-refractivity contribution in [2.75, 3.05) is 5.32 Å². The molecule has 168 valence electrons. The predicted molar refractivity (Wildman–Crippen MR) is 130 cm³/mol. The number of carbonyl (C=O) groups excluding carboxylic acids is 1. The molecular weight excluding hydrogens is 440 g/mol. The molecule has 9 heteroatoms. The summed E-state index contributed by atoms with van der Waals surface area (Å²) >= 11 is 1.21. The lowest BCUT2D eigenvalue weighted by Gasteiger charge is -2.20. The summed E-state index contributed by atoms with van der Waals surface area (Å²) in [7, 11) is 0. The van der Waals surface area contributed by atoms with E-state index in [-0.39, 0.29) is 17.2 Å². The van der Waals surface area contributed by atoms with Crippen LogP contribution < -0.4 is 10.9 Å². The van der Waals surface area contributed by atoms with Gasteiger partial charge in [-0.2, -0.15) is 0 Å². The quantitative estimate of drug-likeness (QED) is 0.326. The highest BCUT2D eigenvalue weighted by Crippen LogP contribution is 2.29. The highest BCUT2D eigenvalue weighted by Gasteiger charge is 2.22. The molecule has 0 aliphatic carbocycles. The van der Waals surface area contributed by atoms with Crippen LogP contribution in [0.25, 0.3) is 22.2 Å². The largest absolute Gasteiger partial charge is 0.300 e. The zero-order chi connectivity index (χ0) is 23.9. The third kappa shape index (κ3) is 4.27. The number of rotatable bonds is 5. The Morgan fingerprint density at radius 3 is 2.64 bits per heavy atom. The second-order valence-electron chi connectivity index (χ2n) is 8.02. The number of nitrogens with one attached hydrogen (secondary N) is 1. The average Bonchev–Trinajstić information content (AvgIpc) is 3.22. The fraction of sp³-hybridized carbons (Fsp3) is 0.208. The lowest BCUT2D eigenvalue weighted by molar-refractivity contribution is -0.384. The average molecular weight is 463 g/mol. The van der Waals surface area contributed by atoms with E-state index in [1.807, 2.05) is 32.9 Å². The van der Waals surface area contributed by atoms with Crippen LogP contribution in [0.2, 0.25) is 0 Å². The highest BCUT2D eigenvalue weighted by atomic mass is 32.1. The van der Waals surface area contributed by atoms with Crippen molar-refractivity contribution in [3.63, 3.8) is 0 Å². The summed E-state index contributed by atoms with van der Waals surface area (Å²) in [4.78, 5) is 40.9. The maximum Gasteiger partial charge on any atom is 0.270 e. The Balaban J connectivity index is 1.65. The zero-order valence-corrected chi connectivity index (χ0v) is 19.4. The predicted octanol–water partition coefficient (Wildman–Crippen LogP) is 5.16. The van der Waals surface area contributed by atoms with Crippen LogP contribution in [0.15, 0.2) is 52.6 Å². The molecule has 1 atom stereocenters. The number of nitro groups is 1. The number of nitrogens with zero attached hydrogens (tertiary/aromatic N) is 3. The van der Waals surface area contributed by atoms with E-state index in [4.69, 9.17) is 0 Å². The standard InChI is InChI=1S/C24H22N4O4S/c1-13-8-15(3)22-19(9-13)14(2)10-21(29)27(22)16(4)23(30)26-24-25-20(12-33-24)17-6-5-7-18(11-17)28(31)32/h5-12,16H,1-4H3,(H,25,26,30). The Morgan fingerprint density at radius 2 is 1.91 bits per heavy atom. The van der Waals surface area contributed by atoms with Gasteiger partial charge < -0.3 is 5.32 Å². The summed E-state index contributed by atoms with van der Waals surface area (Å²) in [6.45, 7) is 7.50. The first-order valence-electron chi connectivity index (χ1n) is 10.3. The van der Waals surface area contributed by atoms with E-state index in [2.05, 4.69) is 10.3 Å². The molecule has 0 radical (unpaired) electrons. The number of non-ortho nitro benzene ring substituents is 1. The van der Waals surface area contributed by atoms with Crippen molar-refractivity contribution < 1.29 is 9.72 Å². The van der Waals surface area contributed by atoms with Crippen LogP contribution in [-0.2, 0) is 4.79 Å². The third-order valence-corrected chi connectivity index (χ3v) is 6.30. The van der Waals surface area contributed by atoms with Crippen LogP contribution in [0.5, 0.6) is 0 Å². The molecule has 1 N–H and O–H groups in total. The van der Waals surface area contributed by atoms with Crippen molar-refractivity contribution in [1.29, 1.82) is 0 Å². The van der Waals surface area contributed by atoms with Crippen LogP contribution >= 0.6 is 11.3 Å². The first-order chi connectivity index (χ1) is 15.7. The molecule has 0 spiro atoms. The molecule has 2 aromatic heterocycles. The van der Waals surface area contributed by atoms with E-state index >= 15 is 0 Å². The number of amides is 1. The van der Waals surface area contributed by atoms with Crippen molar-refractivity contribution in [3.8, 4) is 11.3 Å². The van der Waals surface area contributed by atoms with E-state index in [1.165, 1.54) is 28.0 Å². The molecule has 0 saturated heterocycles. The number of hydrogen-bond donors (Lipinski definition) is 1. The fourth-order valence-corrected chi connectivity index (χ4v) is 4.70. The number of anilines is 1. The molecule has 1 amide bonds. The monoisotopic (exact) mass is 462 g/mol. The SMILES string of the molecule is Cc1cc(C)c2c(c1)c(C)cc(=O)n2C(C)C(=O)Nc1nc(-c2cccc([N+](=O)[O-])c2)cs1. The molecule has 1 unspecified atom stereocenters. The number of aromatic nitrogens is 2. The minimum Gasteiger partial charge on any atom is -0.300 e. The topological polar surface area (TPSA) is 107 Å². The van der Waals surface area contributed by atoms with Crippen molar-refractivity contribution >= 4 is 39.0 Å². The van der Waals surface area contributed by atoms with E-state index in [0.717, 1.165) is 27.6 Å². The first-order valence-corrected chi connectivity index (χ1v) is 11.2. The Morgan fingerprint density at radius 1 is 1.15 bits per heavy atom. The molecule has 0 saturated carbocycles. The zero-order valence-electron chi connectivity index (χ0n) is 18.6. The second kappa shape index (κ2) is 8.59. The number of pyridine rings is 1. The Bertz CT molecular complexity index is 1470. The van der Waals surface area contributed by atoms with Gasteiger partial charge in [0.15, 0.2) is 5.13 Å². The highest BCUT2D eigenvalue weighted by molar-refractivity contribution is 7.14. The van der Waals surface area contributed by atoms with Crippen molar-refractivity contribution in [2.45, 2.75) is 33.7 Å². The molecule has 2 aromatic carbocycles. The number of fused-ring (bicyclic) bond motifs is 1. The van der Waals surface area contributed by atoms with E-state index < -0.39 is 11.0 Å². The molecule has 0 fully saturated rings. The van der Waals surface area contributed by atoms with Crippen LogP contribution in [0.3, 0.4) is 0 Å². The van der Waals surface area contributed by atoms with Gasteiger partial charge in [-0.1, -0.05) is 23.8 Å². The van der Waals surface area contributed by atoms with Crippen LogP contribution in [0.1, 0.15) is 29.7 Å². The molecule has 0 aliphatic heterocycles. The Kier molecular flexibility index (Phi) is 5.82. The molecule has 2 heterocycles. The van der Waals surface area contributed by atoms with Crippen LogP contribution in [-0.4, -0.2) is 20.4 Å². The molecule has 8 nitrogen and oxygen atoms in total. The minimum absolute atomic E-state index is 0.0315. The molecule has 33 heavy (non-hydrogen) atoms. The number of carbonyl (C=O) groups is 1. The van der Waals surface area contributed by atoms with Crippen LogP contribution in [0, 0.1) is 30.9 Å². The van der Waals surface area contributed by atoms with E-state index in [9.17, 15) is 19.7 Å². The van der Waals surface area contributed by atoms with E-state index in [1.54, 1.807) is 30.5 Å². The smallest absolute Gasteiger partial charge is 0.270 e. The summed E-state index contributed by atoms with van der Waals surface area (Å²) in [5, 5.41) is 16.8. The Labute approximate surface area is 193 Å². The van der Waals surface area contributed by atoms with Crippen molar-refractivity contribution in [2.24, 2.45) is 0 Å². The fourth-order valence-electron chi connectivity index (χ4n) is 3.98. The van der Waals surface area contributed by atoms with Gasteiger partial charge in [0, 0.05) is 34.5 Å². The Hall–Kier alpha value is -3.85. The summed E-state index contributed by atoms with van der Waals surface area (Å²) in [6, 6.07) is 10.9. The normalized spacial score (nSPS) is 12.0. The van der Waals surface area contributed by atoms with Crippen LogP contribution in [0.4, 0.5) is 10.8 Å². The van der Waals surface area contributed by atoms with Gasteiger partial charge in [0.2, 0.25) is 5.91 Å². The molecule has 0 bridgehead atoms. The molecule has 0 aliphatic rings. The van der Waals surface area contributed by atoms with Crippen molar-refractivity contribution in [1.82, 2.24) is 9.55 Å². The number of benzene rings is 2. The van der Waals surface area contributed by atoms with Gasteiger partial charge in [-0.15, -0.1) is 11.3 Å². The van der Waals surface area contributed by atoms with E-state index in [0.29, 0.717) is 16.4 Å². The van der Waals surface area contributed by atoms with Gasteiger partial charge in [-0.25, -0.2) is 4.98 Å². The molecule has 4 rings (SSSR count). The summed E-state index contributed by atoms with van der Waals surface area (Å²) in [5.41, 5.74) is 4.45. The van der Waals surface area contributed by atoms with Gasteiger partial charge in [0.05, 0.1) is 16.1 Å². The van der Waals surface area contributed by atoms with Gasteiger partial charge in [0.25, 0.3) is 11.2 Å². The molecule has 4 aromatic rings. The van der Waals surface area contributed by atoms with Gasteiger partial charge in [-0.3, -0.25) is 24.3 Å².